The SMILES string of the molecule is CNc1cc(-c2ccc(F)c(F)c2)c2nc(N)sc2n1. The van der Waals surface area contributed by atoms with Gasteiger partial charge in [0, 0.05) is 12.6 Å². The van der Waals surface area contributed by atoms with Crippen LogP contribution >= 0.6 is 11.3 Å². The highest BCUT2D eigenvalue weighted by Gasteiger charge is 2.13. The lowest BCUT2D eigenvalue weighted by atomic mass is 10.1. The predicted octanol–water partition coefficient (Wildman–Crippen LogP) is 3.26. The maximum absolute atomic E-state index is 13.4. The number of aromatic nitrogens is 2. The number of fused-ring (bicyclic) bond motifs is 1. The molecule has 0 spiro atoms. The van der Waals surface area contributed by atoms with Crippen LogP contribution in [0.25, 0.3) is 21.5 Å². The summed E-state index contributed by atoms with van der Waals surface area (Å²) in [7, 11) is 1.73. The molecule has 3 aromatic rings. The maximum Gasteiger partial charge on any atom is 0.182 e. The fourth-order valence-electron chi connectivity index (χ4n) is 1.94. The molecule has 0 saturated heterocycles. The summed E-state index contributed by atoms with van der Waals surface area (Å²) in [6.45, 7) is 0. The van der Waals surface area contributed by atoms with Crippen molar-refractivity contribution in [2.45, 2.75) is 0 Å². The van der Waals surface area contributed by atoms with Crippen LogP contribution in [0.5, 0.6) is 0 Å². The first-order chi connectivity index (χ1) is 9.58. The van der Waals surface area contributed by atoms with Gasteiger partial charge in [-0.15, -0.1) is 0 Å². The third-order valence-corrected chi connectivity index (χ3v) is 3.65. The molecule has 0 aliphatic heterocycles. The minimum atomic E-state index is -0.901. The van der Waals surface area contributed by atoms with E-state index in [-0.39, 0.29) is 0 Å². The van der Waals surface area contributed by atoms with Gasteiger partial charge < -0.3 is 11.1 Å². The fourth-order valence-corrected chi connectivity index (χ4v) is 2.67. The van der Waals surface area contributed by atoms with E-state index in [9.17, 15) is 8.78 Å². The van der Waals surface area contributed by atoms with Crippen LogP contribution in [0.1, 0.15) is 0 Å². The number of nitrogens with one attached hydrogen (secondary N) is 1. The van der Waals surface area contributed by atoms with Gasteiger partial charge in [0.1, 0.15) is 16.2 Å². The Labute approximate surface area is 117 Å². The van der Waals surface area contributed by atoms with Gasteiger partial charge >= 0.3 is 0 Å². The summed E-state index contributed by atoms with van der Waals surface area (Å²) >= 11 is 1.25. The highest BCUT2D eigenvalue weighted by molar-refractivity contribution is 7.21. The molecule has 0 unspecified atom stereocenters. The summed E-state index contributed by atoms with van der Waals surface area (Å²) in [6.07, 6.45) is 0. The van der Waals surface area contributed by atoms with Crippen LogP contribution in [0, 0.1) is 11.6 Å². The number of pyridine rings is 1. The van der Waals surface area contributed by atoms with Crippen LogP contribution in [-0.2, 0) is 0 Å². The minimum absolute atomic E-state index is 0.379. The molecule has 0 saturated carbocycles. The fraction of sp³-hybridized carbons (Fsp3) is 0.0769. The lowest BCUT2D eigenvalue weighted by molar-refractivity contribution is 0.509. The Bertz CT molecular complexity index is 800. The molecule has 3 rings (SSSR count). The number of hydrogen-bond donors (Lipinski definition) is 2. The lowest BCUT2D eigenvalue weighted by Gasteiger charge is -2.06. The molecule has 3 N–H and O–H groups in total. The number of nitrogen functional groups attached to an aromatic ring is 1. The van der Waals surface area contributed by atoms with E-state index in [1.807, 2.05) is 0 Å². The van der Waals surface area contributed by atoms with Crippen molar-refractivity contribution < 1.29 is 8.78 Å². The van der Waals surface area contributed by atoms with Gasteiger partial charge in [-0.1, -0.05) is 17.4 Å². The monoisotopic (exact) mass is 292 g/mol. The number of benzene rings is 1. The number of rotatable bonds is 2. The maximum atomic E-state index is 13.4. The molecule has 4 nitrogen and oxygen atoms in total. The van der Waals surface area contributed by atoms with E-state index in [0.717, 1.165) is 12.1 Å². The van der Waals surface area contributed by atoms with Crippen LogP contribution in [-0.4, -0.2) is 17.0 Å². The van der Waals surface area contributed by atoms with Gasteiger partial charge in [-0.2, -0.15) is 0 Å². The number of nitrogens with two attached hydrogens (primary N) is 1. The minimum Gasteiger partial charge on any atom is -0.375 e. The topological polar surface area (TPSA) is 63.8 Å². The van der Waals surface area contributed by atoms with E-state index in [4.69, 9.17) is 5.73 Å². The van der Waals surface area contributed by atoms with Crippen molar-refractivity contribution >= 4 is 32.6 Å². The summed E-state index contributed by atoms with van der Waals surface area (Å²) in [5, 5.41) is 3.30. The Morgan fingerprint density at radius 1 is 1.15 bits per heavy atom. The molecule has 20 heavy (non-hydrogen) atoms. The van der Waals surface area contributed by atoms with Gasteiger partial charge in [0.05, 0.1) is 0 Å². The average Bonchev–Trinajstić information content (AvgIpc) is 2.80. The van der Waals surface area contributed by atoms with Gasteiger partial charge in [0.25, 0.3) is 0 Å². The van der Waals surface area contributed by atoms with Crippen molar-refractivity contribution in [3.05, 3.63) is 35.9 Å². The average molecular weight is 292 g/mol. The van der Waals surface area contributed by atoms with Crippen molar-refractivity contribution in [1.82, 2.24) is 9.97 Å². The smallest absolute Gasteiger partial charge is 0.182 e. The van der Waals surface area contributed by atoms with E-state index in [1.165, 1.54) is 17.4 Å². The number of nitrogens with zero attached hydrogens (tertiary/aromatic N) is 2. The summed E-state index contributed by atoms with van der Waals surface area (Å²) in [4.78, 5) is 9.19. The molecule has 0 amide bonds. The standard InChI is InChI=1S/C13H10F2N4S/c1-17-10-5-7(6-2-3-8(14)9(15)4-6)11-12(18-10)20-13(16)19-11/h2-5H,1H3,(H2,16,19)(H,17,18). The third kappa shape index (κ3) is 2.05. The van der Waals surface area contributed by atoms with Gasteiger partial charge in [0.15, 0.2) is 16.8 Å². The van der Waals surface area contributed by atoms with Crippen molar-refractivity contribution in [2.75, 3.05) is 18.1 Å². The van der Waals surface area contributed by atoms with E-state index >= 15 is 0 Å². The zero-order chi connectivity index (χ0) is 14.3. The molecule has 2 aromatic heterocycles. The first-order valence-corrected chi connectivity index (χ1v) is 6.60. The highest BCUT2D eigenvalue weighted by atomic mass is 32.1. The number of hydrogen-bond acceptors (Lipinski definition) is 5. The van der Waals surface area contributed by atoms with E-state index in [1.54, 1.807) is 13.1 Å². The van der Waals surface area contributed by atoms with Crippen LogP contribution in [0.15, 0.2) is 24.3 Å². The van der Waals surface area contributed by atoms with Crippen LogP contribution in [0.3, 0.4) is 0 Å². The van der Waals surface area contributed by atoms with Crippen LogP contribution < -0.4 is 11.1 Å². The van der Waals surface area contributed by atoms with Gasteiger partial charge in [-0.25, -0.2) is 18.7 Å². The van der Waals surface area contributed by atoms with Crippen LogP contribution in [0.4, 0.5) is 19.7 Å². The summed E-state index contributed by atoms with van der Waals surface area (Å²) in [6, 6.07) is 5.46. The Morgan fingerprint density at radius 3 is 2.65 bits per heavy atom. The second kappa shape index (κ2) is 4.68. The van der Waals surface area contributed by atoms with Crippen molar-refractivity contribution in [2.24, 2.45) is 0 Å². The molecule has 0 aliphatic carbocycles. The number of thiazole rings is 1. The van der Waals surface area contributed by atoms with E-state index < -0.39 is 11.6 Å². The Morgan fingerprint density at radius 2 is 1.95 bits per heavy atom. The van der Waals surface area contributed by atoms with Gasteiger partial charge in [0.2, 0.25) is 0 Å². The molecule has 0 radical (unpaired) electrons. The first-order valence-electron chi connectivity index (χ1n) is 5.78. The van der Waals surface area contributed by atoms with Crippen LogP contribution in [0.2, 0.25) is 0 Å². The Balaban J connectivity index is 2.30. The predicted molar refractivity (Wildman–Crippen MR) is 76.7 cm³/mol. The summed E-state index contributed by atoms with van der Waals surface area (Å²) < 4.78 is 26.4. The molecule has 7 heteroatoms. The van der Waals surface area contributed by atoms with Crippen molar-refractivity contribution in [3.8, 4) is 11.1 Å². The summed E-state index contributed by atoms with van der Waals surface area (Å²) in [5.74, 6) is -1.17. The molecule has 0 aliphatic rings. The molecule has 0 fully saturated rings. The quantitative estimate of drug-likeness (QED) is 0.761. The normalized spacial score (nSPS) is 10.9. The largest absolute Gasteiger partial charge is 0.375 e. The zero-order valence-corrected chi connectivity index (χ0v) is 11.3. The van der Waals surface area contributed by atoms with Gasteiger partial charge in [-0.3, -0.25) is 0 Å². The Kier molecular flexibility index (Phi) is 2.98. The first kappa shape index (κ1) is 12.7. The highest BCUT2D eigenvalue weighted by Crippen LogP contribution is 2.34. The zero-order valence-electron chi connectivity index (χ0n) is 10.4. The van der Waals surface area contributed by atoms with Crippen molar-refractivity contribution in [3.63, 3.8) is 0 Å². The molecule has 1 aromatic carbocycles. The van der Waals surface area contributed by atoms with Crippen molar-refractivity contribution in [1.29, 1.82) is 0 Å². The van der Waals surface area contributed by atoms with Gasteiger partial charge in [-0.05, 0) is 23.8 Å². The third-order valence-electron chi connectivity index (χ3n) is 2.87. The number of halogens is 2. The van der Waals surface area contributed by atoms with E-state index in [0.29, 0.717) is 32.4 Å². The second-order valence-corrected chi connectivity index (χ2v) is 5.15. The molecular formula is C13H10F2N4S. The molecule has 0 bridgehead atoms. The van der Waals surface area contributed by atoms with E-state index in [2.05, 4.69) is 15.3 Å². The molecule has 0 atom stereocenters. The molecule has 2 heterocycles. The summed E-state index contributed by atoms with van der Waals surface area (Å²) in [5.41, 5.74) is 7.46. The number of anilines is 2. The second-order valence-electron chi connectivity index (χ2n) is 4.14. The molecular weight excluding hydrogens is 282 g/mol. The molecule has 102 valence electrons. The lowest BCUT2D eigenvalue weighted by Crippen LogP contribution is -1.94. The Hall–Kier alpha value is -2.28.